The average molecular weight is 504 g/mol. The zero-order valence-corrected chi connectivity index (χ0v) is 21.8. The molecule has 4 nitrogen and oxygen atoms in total. The van der Waals surface area contributed by atoms with E-state index >= 15 is 0 Å². The van der Waals surface area contributed by atoms with E-state index in [0.29, 0.717) is 26.4 Å². The van der Waals surface area contributed by atoms with Gasteiger partial charge in [-0.3, -0.25) is 0 Å². The van der Waals surface area contributed by atoms with Gasteiger partial charge in [0.05, 0.1) is 38.5 Å². The van der Waals surface area contributed by atoms with E-state index in [2.05, 4.69) is 91.0 Å². The van der Waals surface area contributed by atoms with Crippen LogP contribution in [0.25, 0.3) is 0 Å². The molecule has 2 aliphatic heterocycles. The molecule has 36 heavy (non-hydrogen) atoms. The van der Waals surface area contributed by atoms with Gasteiger partial charge in [0.1, 0.15) is 23.2 Å². The number of hydrogen-bond donors (Lipinski definition) is 0. The molecule has 0 unspecified atom stereocenters. The lowest BCUT2D eigenvalue weighted by molar-refractivity contribution is -0.319. The van der Waals surface area contributed by atoms with Crippen molar-refractivity contribution in [2.75, 3.05) is 32.6 Å². The summed E-state index contributed by atoms with van der Waals surface area (Å²) in [5, 5.41) is 4.28. The van der Waals surface area contributed by atoms with Crippen molar-refractivity contribution in [1.82, 2.24) is 0 Å². The molecule has 3 aliphatic rings. The fraction of sp³-hybridized carbons (Fsp3) is 0.419. The maximum atomic E-state index is 6.34. The first-order chi connectivity index (χ1) is 17.8. The minimum Gasteiger partial charge on any atom is -0.347 e. The molecule has 3 aromatic rings. The smallest absolute Gasteiger partial charge is 0.176 e. The van der Waals surface area contributed by atoms with Crippen molar-refractivity contribution in [2.45, 2.75) is 43.7 Å². The van der Waals surface area contributed by atoms with E-state index in [1.54, 1.807) is 0 Å². The van der Waals surface area contributed by atoms with E-state index in [9.17, 15) is 0 Å². The highest BCUT2D eigenvalue weighted by Gasteiger charge is 2.60. The maximum absolute atomic E-state index is 6.34. The molecule has 0 atom stereocenters. The van der Waals surface area contributed by atoms with Crippen LogP contribution in [0.4, 0.5) is 0 Å². The van der Waals surface area contributed by atoms with E-state index in [1.807, 2.05) is 0 Å². The SMILES string of the molecule is c1ccc([P+](CCCC2C3(CCCC24OCCO4)OCCO3)(c2ccccc2)c2ccccc2)cc1. The summed E-state index contributed by atoms with van der Waals surface area (Å²) in [6.07, 6.45) is 5.92. The molecule has 1 saturated carbocycles. The standard InChI is InChI=1S/C31H36O4P/c1-4-12-26(13-5-1)36(27-14-6-2-7-15-27,28-16-8-3-9-17-28)25-10-18-29-30(32-21-22-33-30)19-11-20-31(29)34-23-24-35-31/h1-9,12-17,29H,10-11,18-25H2/q+1. The zero-order valence-electron chi connectivity index (χ0n) is 20.9. The zero-order chi connectivity index (χ0) is 24.3. The Bertz CT molecular complexity index is 988. The van der Waals surface area contributed by atoms with Gasteiger partial charge in [-0.05, 0) is 55.7 Å². The van der Waals surface area contributed by atoms with Gasteiger partial charge in [0.15, 0.2) is 11.6 Å². The molecule has 3 aromatic carbocycles. The minimum atomic E-state index is -1.87. The second kappa shape index (κ2) is 10.4. The van der Waals surface area contributed by atoms with Crippen LogP contribution < -0.4 is 15.9 Å². The predicted octanol–water partition coefficient (Wildman–Crippen LogP) is 5.05. The van der Waals surface area contributed by atoms with Crippen LogP contribution in [0.2, 0.25) is 0 Å². The van der Waals surface area contributed by atoms with Crippen LogP contribution in [0.1, 0.15) is 32.1 Å². The molecule has 0 N–H and O–H groups in total. The van der Waals surface area contributed by atoms with Crippen molar-refractivity contribution in [3.8, 4) is 0 Å². The van der Waals surface area contributed by atoms with Gasteiger partial charge in [0, 0.05) is 12.8 Å². The monoisotopic (exact) mass is 503 g/mol. The molecule has 3 fully saturated rings. The highest BCUT2D eigenvalue weighted by atomic mass is 31.2. The molecule has 0 bridgehead atoms. The Morgan fingerprint density at radius 2 is 0.972 bits per heavy atom. The Hall–Kier alpha value is -2.07. The molecule has 0 amide bonds. The first-order valence-corrected chi connectivity index (χ1v) is 15.4. The Morgan fingerprint density at radius 1 is 0.583 bits per heavy atom. The molecule has 188 valence electrons. The van der Waals surface area contributed by atoms with Crippen LogP contribution >= 0.6 is 7.26 Å². The van der Waals surface area contributed by atoms with E-state index in [4.69, 9.17) is 18.9 Å². The summed E-state index contributed by atoms with van der Waals surface area (Å²) in [6.45, 7) is 2.62. The van der Waals surface area contributed by atoms with Crippen molar-refractivity contribution >= 4 is 23.2 Å². The predicted molar refractivity (Wildman–Crippen MR) is 146 cm³/mol. The minimum absolute atomic E-state index is 0.0768. The van der Waals surface area contributed by atoms with E-state index < -0.39 is 18.8 Å². The van der Waals surface area contributed by atoms with Gasteiger partial charge in [-0.2, -0.15) is 0 Å². The highest BCUT2D eigenvalue weighted by Crippen LogP contribution is 2.57. The van der Waals surface area contributed by atoms with E-state index in [0.717, 1.165) is 38.3 Å². The summed E-state index contributed by atoms with van der Waals surface area (Å²) in [6, 6.07) is 33.4. The van der Waals surface area contributed by atoms with Crippen LogP contribution in [0.15, 0.2) is 91.0 Å². The summed E-state index contributed by atoms with van der Waals surface area (Å²) in [5.74, 6) is -1.07. The van der Waals surface area contributed by atoms with Gasteiger partial charge in [-0.15, -0.1) is 0 Å². The summed E-state index contributed by atoms with van der Waals surface area (Å²) in [7, 11) is -1.87. The van der Waals surface area contributed by atoms with Crippen molar-refractivity contribution in [3.63, 3.8) is 0 Å². The van der Waals surface area contributed by atoms with Crippen LogP contribution in [0.3, 0.4) is 0 Å². The Morgan fingerprint density at radius 3 is 1.36 bits per heavy atom. The number of ether oxygens (including phenoxy) is 4. The molecular formula is C31H36O4P+. The first kappa shape index (κ1) is 24.3. The van der Waals surface area contributed by atoms with Gasteiger partial charge in [-0.1, -0.05) is 54.6 Å². The van der Waals surface area contributed by atoms with Crippen molar-refractivity contribution in [1.29, 1.82) is 0 Å². The van der Waals surface area contributed by atoms with Gasteiger partial charge in [0.25, 0.3) is 0 Å². The highest BCUT2D eigenvalue weighted by molar-refractivity contribution is 7.95. The molecule has 0 radical (unpaired) electrons. The fourth-order valence-electron chi connectivity index (χ4n) is 6.75. The van der Waals surface area contributed by atoms with Gasteiger partial charge in [0.2, 0.25) is 0 Å². The molecule has 2 heterocycles. The number of hydrogen-bond acceptors (Lipinski definition) is 4. The topological polar surface area (TPSA) is 36.9 Å². The molecule has 5 heteroatoms. The molecule has 1 aliphatic carbocycles. The molecule has 2 saturated heterocycles. The summed E-state index contributed by atoms with van der Waals surface area (Å²) < 4.78 is 25.4. The second-order valence-corrected chi connectivity index (χ2v) is 13.7. The van der Waals surface area contributed by atoms with Crippen LogP contribution in [-0.2, 0) is 18.9 Å². The van der Waals surface area contributed by atoms with Crippen molar-refractivity contribution in [3.05, 3.63) is 91.0 Å². The third-order valence-corrected chi connectivity index (χ3v) is 12.8. The van der Waals surface area contributed by atoms with Gasteiger partial charge >= 0.3 is 0 Å². The lowest BCUT2D eigenvalue weighted by Gasteiger charge is -2.48. The summed E-state index contributed by atoms with van der Waals surface area (Å²) in [4.78, 5) is 0. The summed E-state index contributed by atoms with van der Waals surface area (Å²) >= 11 is 0. The normalized spacial score (nSPS) is 21.3. The van der Waals surface area contributed by atoms with Gasteiger partial charge in [-0.25, -0.2) is 0 Å². The second-order valence-electron chi connectivity index (χ2n) is 10.1. The number of benzene rings is 3. The molecular weight excluding hydrogens is 467 g/mol. The number of rotatable bonds is 7. The van der Waals surface area contributed by atoms with Crippen molar-refractivity contribution < 1.29 is 18.9 Å². The average Bonchev–Trinajstić information content (AvgIpc) is 3.61. The Kier molecular flexibility index (Phi) is 6.99. The van der Waals surface area contributed by atoms with Crippen LogP contribution in [-0.4, -0.2) is 44.2 Å². The molecule has 0 aromatic heterocycles. The fourth-order valence-corrected chi connectivity index (χ4v) is 11.1. The lowest BCUT2D eigenvalue weighted by atomic mass is 9.75. The molecule has 2 spiro atoms. The van der Waals surface area contributed by atoms with Crippen LogP contribution in [0.5, 0.6) is 0 Å². The quantitative estimate of drug-likeness (QED) is 0.423. The lowest BCUT2D eigenvalue weighted by Crippen LogP contribution is -2.56. The molecule has 6 rings (SSSR count). The largest absolute Gasteiger partial charge is 0.347 e. The van der Waals surface area contributed by atoms with Crippen LogP contribution in [0, 0.1) is 5.92 Å². The van der Waals surface area contributed by atoms with E-state index in [-0.39, 0.29) is 5.92 Å². The van der Waals surface area contributed by atoms with E-state index in [1.165, 1.54) is 15.9 Å². The third kappa shape index (κ3) is 4.23. The Labute approximate surface area is 215 Å². The van der Waals surface area contributed by atoms with Gasteiger partial charge < -0.3 is 18.9 Å². The third-order valence-electron chi connectivity index (χ3n) is 8.24. The first-order valence-electron chi connectivity index (χ1n) is 13.4. The summed E-state index contributed by atoms with van der Waals surface area (Å²) in [5.41, 5.74) is 0. The Balaban J connectivity index is 1.37. The van der Waals surface area contributed by atoms with Crippen molar-refractivity contribution in [2.24, 2.45) is 5.92 Å². The maximum Gasteiger partial charge on any atom is 0.176 e.